The minimum absolute atomic E-state index is 0.204. The summed E-state index contributed by atoms with van der Waals surface area (Å²) in [4.78, 5) is 20.4. The number of carbonyl (C=O) groups excluding carboxylic acids is 1. The number of hydrogen-bond donors (Lipinski definition) is 2. The van der Waals surface area contributed by atoms with Gasteiger partial charge < -0.3 is 11.1 Å². The summed E-state index contributed by atoms with van der Waals surface area (Å²) in [5.41, 5.74) is 8.13. The zero-order valence-electron chi connectivity index (χ0n) is 10.4. The molecule has 0 radical (unpaired) electrons. The third kappa shape index (κ3) is 3.36. The number of nitrogens with two attached hydrogens (primary N) is 1. The molecular weight excluding hydrogens is 308 g/mol. The molecule has 0 aliphatic heterocycles. The fraction of sp³-hybridized carbons (Fsp3) is 0.154. The molecule has 5 nitrogen and oxygen atoms in total. The Morgan fingerprint density at radius 1 is 1.42 bits per heavy atom. The van der Waals surface area contributed by atoms with Crippen LogP contribution in [0.15, 0.2) is 35.1 Å². The molecule has 1 amide bonds. The zero-order chi connectivity index (χ0) is 13.8. The third-order valence-electron chi connectivity index (χ3n) is 2.59. The van der Waals surface area contributed by atoms with E-state index in [9.17, 15) is 4.79 Å². The maximum Gasteiger partial charge on any atom is 0.255 e. The number of nitrogens with one attached hydrogen (secondary N) is 1. The summed E-state index contributed by atoms with van der Waals surface area (Å²) < 4.78 is 0.734. The molecule has 0 spiro atoms. The molecule has 6 heteroatoms. The van der Waals surface area contributed by atoms with Crippen LogP contribution in [0.5, 0.6) is 0 Å². The first-order valence-corrected chi connectivity index (χ1v) is 6.49. The first-order valence-electron chi connectivity index (χ1n) is 5.69. The molecule has 2 aromatic heterocycles. The molecule has 0 saturated heterocycles. The number of aromatic nitrogens is 2. The lowest BCUT2D eigenvalue weighted by Crippen LogP contribution is -2.14. The number of rotatable bonds is 3. The van der Waals surface area contributed by atoms with Crippen LogP contribution in [0.25, 0.3) is 0 Å². The number of halogens is 1. The van der Waals surface area contributed by atoms with Crippen molar-refractivity contribution in [3.05, 3.63) is 52.0 Å². The molecule has 2 heterocycles. The van der Waals surface area contributed by atoms with E-state index in [0.29, 0.717) is 23.5 Å². The van der Waals surface area contributed by atoms with Crippen LogP contribution in [0, 0.1) is 6.92 Å². The SMILES string of the molecule is Cc1nc(Br)ccc1NC(=O)c1ccnc(CN)c1. The van der Waals surface area contributed by atoms with Gasteiger partial charge >= 0.3 is 0 Å². The minimum atomic E-state index is -0.204. The lowest BCUT2D eigenvalue weighted by atomic mass is 10.2. The Morgan fingerprint density at radius 3 is 2.89 bits per heavy atom. The van der Waals surface area contributed by atoms with Gasteiger partial charge in [0.2, 0.25) is 0 Å². The van der Waals surface area contributed by atoms with Crippen LogP contribution in [-0.2, 0) is 6.54 Å². The molecule has 2 rings (SSSR count). The van der Waals surface area contributed by atoms with Crippen LogP contribution in [0.3, 0.4) is 0 Å². The van der Waals surface area contributed by atoms with Crippen molar-refractivity contribution in [2.45, 2.75) is 13.5 Å². The molecule has 0 bridgehead atoms. The van der Waals surface area contributed by atoms with Crippen molar-refractivity contribution in [2.75, 3.05) is 5.32 Å². The van der Waals surface area contributed by atoms with Crippen molar-refractivity contribution in [3.63, 3.8) is 0 Å². The summed E-state index contributed by atoms with van der Waals surface area (Å²) >= 11 is 3.28. The number of carbonyl (C=O) groups is 1. The highest BCUT2D eigenvalue weighted by Gasteiger charge is 2.09. The first kappa shape index (κ1) is 13.6. The molecule has 0 atom stereocenters. The van der Waals surface area contributed by atoms with Gasteiger partial charge in [-0.2, -0.15) is 0 Å². The molecule has 0 aromatic carbocycles. The lowest BCUT2D eigenvalue weighted by molar-refractivity contribution is 0.102. The van der Waals surface area contributed by atoms with Crippen LogP contribution in [-0.4, -0.2) is 15.9 Å². The van der Waals surface area contributed by atoms with Crippen LogP contribution < -0.4 is 11.1 Å². The fourth-order valence-corrected chi connectivity index (χ4v) is 1.99. The number of anilines is 1. The van der Waals surface area contributed by atoms with Gasteiger partial charge in [0.15, 0.2) is 0 Å². The average Bonchev–Trinajstić information content (AvgIpc) is 2.42. The van der Waals surface area contributed by atoms with Crippen LogP contribution in [0.4, 0.5) is 5.69 Å². The molecule has 98 valence electrons. The maximum absolute atomic E-state index is 12.1. The van der Waals surface area contributed by atoms with Crippen molar-refractivity contribution in [1.29, 1.82) is 0 Å². The Balaban J connectivity index is 2.20. The fourth-order valence-electron chi connectivity index (χ4n) is 1.59. The molecule has 19 heavy (non-hydrogen) atoms. The van der Waals surface area contributed by atoms with Gasteiger partial charge in [-0.05, 0) is 47.1 Å². The summed E-state index contributed by atoms with van der Waals surface area (Å²) in [6.07, 6.45) is 1.57. The highest BCUT2D eigenvalue weighted by atomic mass is 79.9. The lowest BCUT2D eigenvalue weighted by Gasteiger charge is -2.08. The molecule has 0 aliphatic carbocycles. The van der Waals surface area contributed by atoms with Gasteiger partial charge in [-0.15, -0.1) is 0 Å². The van der Waals surface area contributed by atoms with Gasteiger partial charge in [-0.1, -0.05) is 0 Å². The van der Waals surface area contributed by atoms with E-state index in [1.54, 1.807) is 30.5 Å². The van der Waals surface area contributed by atoms with Crippen molar-refractivity contribution in [1.82, 2.24) is 9.97 Å². The van der Waals surface area contributed by atoms with Crippen LogP contribution >= 0.6 is 15.9 Å². The number of hydrogen-bond acceptors (Lipinski definition) is 4. The topological polar surface area (TPSA) is 80.9 Å². The predicted molar refractivity (Wildman–Crippen MR) is 76.8 cm³/mol. The van der Waals surface area contributed by atoms with E-state index in [0.717, 1.165) is 10.3 Å². The summed E-state index contributed by atoms with van der Waals surface area (Å²) in [5.74, 6) is -0.204. The molecule has 3 N–H and O–H groups in total. The van der Waals surface area contributed by atoms with Gasteiger partial charge in [-0.25, -0.2) is 4.98 Å². The predicted octanol–water partition coefficient (Wildman–Crippen LogP) is 2.26. The Kier molecular flexibility index (Phi) is 4.24. The largest absolute Gasteiger partial charge is 0.325 e. The van der Waals surface area contributed by atoms with E-state index < -0.39 is 0 Å². The van der Waals surface area contributed by atoms with Gasteiger partial charge in [0.05, 0.1) is 17.1 Å². The summed E-state index contributed by atoms with van der Waals surface area (Å²) in [7, 11) is 0. The Labute approximate surface area is 119 Å². The number of aryl methyl sites for hydroxylation is 1. The number of amides is 1. The molecule has 0 aliphatic rings. The Bertz CT molecular complexity index is 615. The summed E-state index contributed by atoms with van der Waals surface area (Å²) in [5, 5.41) is 2.81. The standard InChI is InChI=1S/C13H13BrN4O/c1-8-11(2-3-12(14)17-8)18-13(19)9-4-5-16-10(6-9)7-15/h2-6H,7,15H2,1H3,(H,18,19). The van der Waals surface area contributed by atoms with Gasteiger partial charge in [-0.3, -0.25) is 9.78 Å². The minimum Gasteiger partial charge on any atom is -0.325 e. The van der Waals surface area contributed by atoms with Gasteiger partial charge in [0, 0.05) is 18.3 Å². The first-order chi connectivity index (χ1) is 9.10. The molecule has 0 saturated carbocycles. The second kappa shape index (κ2) is 5.90. The zero-order valence-corrected chi connectivity index (χ0v) is 11.9. The van der Waals surface area contributed by atoms with Gasteiger partial charge in [0.1, 0.15) is 4.60 Å². The van der Waals surface area contributed by atoms with E-state index in [1.165, 1.54) is 0 Å². The highest BCUT2D eigenvalue weighted by molar-refractivity contribution is 9.10. The Morgan fingerprint density at radius 2 is 2.21 bits per heavy atom. The van der Waals surface area contributed by atoms with Crippen molar-refractivity contribution >= 4 is 27.5 Å². The molecular formula is C13H13BrN4O. The van der Waals surface area contributed by atoms with E-state index in [1.807, 2.05) is 6.92 Å². The van der Waals surface area contributed by atoms with Crippen LogP contribution in [0.2, 0.25) is 0 Å². The number of nitrogens with zero attached hydrogens (tertiary/aromatic N) is 2. The smallest absolute Gasteiger partial charge is 0.255 e. The third-order valence-corrected chi connectivity index (χ3v) is 3.03. The van der Waals surface area contributed by atoms with E-state index >= 15 is 0 Å². The second-order valence-corrected chi connectivity index (χ2v) is 4.77. The second-order valence-electron chi connectivity index (χ2n) is 3.96. The van der Waals surface area contributed by atoms with E-state index in [4.69, 9.17) is 5.73 Å². The normalized spacial score (nSPS) is 10.3. The summed E-state index contributed by atoms with van der Waals surface area (Å²) in [6.45, 7) is 2.14. The van der Waals surface area contributed by atoms with Gasteiger partial charge in [0.25, 0.3) is 5.91 Å². The summed E-state index contributed by atoms with van der Waals surface area (Å²) in [6, 6.07) is 6.91. The van der Waals surface area contributed by atoms with Crippen molar-refractivity contribution in [2.24, 2.45) is 5.73 Å². The molecule has 0 fully saturated rings. The van der Waals surface area contributed by atoms with Crippen molar-refractivity contribution in [3.8, 4) is 0 Å². The van der Waals surface area contributed by atoms with E-state index in [-0.39, 0.29) is 5.91 Å². The maximum atomic E-state index is 12.1. The molecule has 2 aromatic rings. The van der Waals surface area contributed by atoms with Crippen molar-refractivity contribution < 1.29 is 4.79 Å². The number of pyridine rings is 2. The monoisotopic (exact) mass is 320 g/mol. The molecule has 0 unspecified atom stereocenters. The Hall–Kier alpha value is -1.79. The van der Waals surface area contributed by atoms with E-state index in [2.05, 4.69) is 31.2 Å². The quantitative estimate of drug-likeness (QED) is 0.850. The highest BCUT2D eigenvalue weighted by Crippen LogP contribution is 2.17. The van der Waals surface area contributed by atoms with Crippen LogP contribution in [0.1, 0.15) is 21.7 Å². The average molecular weight is 321 g/mol.